The first-order chi connectivity index (χ1) is 12.3. The molecule has 0 unspecified atom stereocenters. The van der Waals surface area contributed by atoms with Crippen LogP contribution in [0.5, 0.6) is 0 Å². The molecule has 0 aliphatic rings. The lowest BCUT2D eigenvalue weighted by Gasteiger charge is -2.11. The topological polar surface area (TPSA) is 93.2 Å². The fourth-order valence-corrected chi connectivity index (χ4v) is 2.28. The van der Waals surface area contributed by atoms with E-state index in [1.807, 2.05) is 0 Å². The summed E-state index contributed by atoms with van der Waals surface area (Å²) in [5, 5.41) is 6.07. The fraction of sp³-hybridized carbons (Fsp3) is 0.333. The summed E-state index contributed by atoms with van der Waals surface area (Å²) in [5.41, 5.74) is 1.44. The van der Waals surface area contributed by atoms with Crippen LogP contribution in [0.4, 0.5) is 11.6 Å². The SMILES string of the molecule is COC(=O)c1ccc(Cl)c(NC(=O)c2cc(C)nc(NCC(C)C)n2)c1. The highest BCUT2D eigenvalue weighted by atomic mass is 35.5. The first kappa shape index (κ1) is 19.7. The van der Waals surface area contributed by atoms with E-state index < -0.39 is 11.9 Å². The highest BCUT2D eigenvalue weighted by Gasteiger charge is 2.15. The van der Waals surface area contributed by atoms with Gasteiger partial charge in [-0.2, -0.15) is 0 Å². The third-order valence-electron chi connectivity index (χ3n) is 3.39. The van der Waals surface area contributed by atoms with Crippen LogP contribution in [-0.2, 0) is 4.74 Å². The average Bonchev–Trinajstić information content (AvgIpc) is 2.60. The maximum absolute atomic E-state index is 12.6. The van der Waals surface area contributed by atoms with E-state index in [-0.39, 0.29) is 11.3 Å². The summed E-state index contributed by atoms with van der Waals surface area (Å²) in [7, 11) is 1.28. The van der Waals surface area contributed by atoms with Crippen molar-refractivity contribution in [2.45, 2.75) is 20.8 Å². The molecule has 2 aromatic rings. The molecule has 0 aliphatic heterocycles. The van der Waals surface area contributed by atoms with E-state index in [2.05, 4.69) is 39.2 Å². The van der Waals surface area contributed by atoms with E-state index in [1.54, 1.807) is 13.0 Å². The van der Waals surface area contributed by atoms with E-state index in [0.717, 1.165) is 0 Å². The van der Waals surface area contributed by atoms with E-state index >= 15 is 0 Å². The number of hydrogen-bond acceptors (Lipinski definition) is 6. The number of ether oxygens (including phenoxy) is 1. The molecule has 8 heteroatoms. The molecule has 1 aromatic carbocycles. The van der Waals surface area contributed by atoms with E-state index in [0.29, 0.717) is 34.8 Å². The molecule has 0 bridgehead atoms. The Balaban J connectivity index is 2.23. The second-order valence-corrected chi connectivity index (χ2v) is 6.54. The van der Waals surface area contributed by atoms with Gasteiger partial charge in [0.1, 0.15) is 5.69 Å². The van der Waals surface area contributed by atoms with Crippen LogP contribution in [0.3, 0.4) is 0 Å². The summed E-state index contributed by atoms with van der Waals surface area (Å²) in [6.45, 7) is 6.60. The third kappa shape index (κ3) is 5.16. The molecule has 0 saturated heterocycles. The monoisotopic (exact) mass is 376 g/mol. The number of rotatable bonds is 6. The Hall–Kier alpha value is -2.67. The Morgan fingerprint density at radius 3 is 2.62 bits per heavy atom. The Kier molecular flexibility index (Phi) is 6.52. The summed E-state index contributed by atoms with van der Waals surface area (Å²) in [6.07, 6.45) is 0. The predicted octanol–water partition coefficient (Wildman–Crippen LogP) is 3.55. The molecule has 0 saturated carbocycles. The molecule has 26 heavy (non-hydrogen) atoms. The lowest BCUT2D eigenvalue weighted by molar-refractivity contribution is 0.0600. The van der Waals surface area contributed by atoms with Gasteiger partial charge in [0.2, 0.25) is 5.95 Å². The van der Waals surface area contributed by atoms with Crippen LogP contribution in [0.15, 0.2) is 24.3 Å². The molecule has 0 atom stereocenters. The van der Waals surface area contributed by atoms with E-state index in [9.17, 15) is 9.59 Å². The van der Waals surface area contributed by atoms with Crippen molar-refractivity contribution in [2.75, 3.05) is 24.3 Å². The molecule has 1 heterocycles. The summed E-state index contributed by atoms with van der Waals surface area (Å²) in [4.78, 5) is 32.7. The minimum absolute atomic E-state index is 0.197. The standard InChI is InChI=1S/C18H21ClN4O3/c1-10(2)9-20-18-21-11(3)7-15(23-18)16(24)22-14-8-12(17(25)26-4)5-6-13(14)19/h5-8,10H,9H2,1-4H3,(H,22,24)(H,20,21,23). The summed E-state index contributed by atoms with van der Waals surface area (Å²) < 4.78 is 4.67. The minimum atomic E-state index is -0.518. The number of aryl methyl sites for hydroxylation is 1. The van der Waals surface area contributed by atoms with Crippen LogP contribution in [0, 0.1) is 12.8 Å². The van der Waals surface area contributed by atoms with Gasteiger partial charge >= 0.3 is 5.97 Å². The van der Waals surface area contributed by atoms with Gasteiger partial charge in [-0.1, -0.05) is 25.4 Å². The molecule has 0 fully saturated rings. The number of aromatic nitrogens is 2. The second-order valence-electron chi connectivity index (χ2n) is 6.13. The highest BCUT2D eigenvalue weighted by Crippen LogP contribution is 2.24. The first-order valence-electron chi connectivity index (χ1n) is 8.09. The fourth-order valence-electron chi connectivity index (χ4n) is 2.11. The number of carbonyl (C=O) groups excluding carboxylic acids is 2. The number of benzene rings is 1. The maximum atomic E-state index is 12.6. The van der Waals surface area contributed by atoms with Crippen molar-refractivity contribution in [2.24, 2.45) is 5.92 Å². The van der Waals surface area contributed by atoms with Crippen molar-refractivity contribution in [3.63, 3.8) is 0 Å². The summed E-state index contributed by atoms with van der Waals surface area (Å²) in [5.74, 6) is -0.170. The van der Waals surface area contributed by atoms with Crippen molar-refractivity contribution < 1.29 is 14.3 Å². The first-order valence-corrected chi connectivity index (χ1v) is 8.46. The van der Waals surface area contributed by atoms with Crippen LogP contribution < -0.4 is 10.6 Å². The lowest BCUT2D eigenvalue weighted by Crippen LogP contribution is -2.18. The summed E-state index contributed by atoms with van der Waals surface area (Å²) >= 11 is 6.11. The molecule has 2 rings (SSSR count). The highest BCUT2D eigenvalue weighted by molar-refractivity contribution is 6.34. The Morgan fingerprint density at radius 1 is 1.23 bits per heavy atom. The molecule has 7 nitrogen and oxygen atoms in total. The van der Waals surface area contributed by atoms with Gasteiger partial charge in [0.15, 0.2) is 0 Å². The Bertz CT molecular complexity index is 824. The number of amides is 1. The Labute approximate surface area is 157 Å². The zero-order valence-corrected chi connectivity index (χ0v) is 15.8. The van der Waals surface area contributed by atoms with Crippen LogP contribution in [0.2, 0.25) is 5.02 Å². The van der Waals surface area contributed by atoms with Gasteiger partial charge < -0.3 is 15.4 Å². The normalized spacial score (nSPS) is 10.5. The maximum Gasteiger partial charge on any atom is 0.337 e. The lowest BCUT2D eigenvalue weighted by atomic mass is 10.2. The average molecular weight is 377 g/mol. The van der Waals surface area contributed by atoms with Crippen molar-refractivity contribution >= 4 is 35.1 Å². The van der Waals surface area contributed by atoms with Gasteiger partial charge in [-0.25, -0.2) is 14.8 Å². The summed E-state index contributed by atoms with van der Waals surface area (Å²) in [6, 6.07) is 6.07. The number of methoxy groups -OCH3 is 1. The van der Waals surface area contributed by atoms with Crippen molar-refractivity contribution in [3.8, 4) is 0 Å². The van der Waals surface area contributed by atoms with Crippen LogP contribution in [0.25, 0.3) is 0 Å². The van der Waals surface area contributed by atoms with Crippen LogP contribution >= 0.6 is 11.6 Å². The molecular weight excluding hydrogens is 356 g/mol. The van der Waals surface area contributed by atoms with Gasteiger partial charge in [-0.3, -0.25) is 4.79 Å². The smallest absolute Gasteiger partial charge is 0.337 e. The van der Waals surface area contributed by atoms with Gasteiger partial charge in [0.05, 0.1) is 23.4 Å². The molecule has 1 amide bonds. The number of anilines is 2. The van der Waals surface area contributed by atoms with Gasteiger partial charge in [-0.15, -0.1) is 0 Å². The molecule has 0 radical (unpaired) electrons. The van der Waals surface area contributed by atoms with Crippen molar-refractivity contribution in [1.82, 2.24) is 9.97 Å². The molecular formula is C18H21ClN4O3. The van der Waals surface area contributed by atoms with Crippen LogP contribution in [-0.4, -0.2) is 35.5 Å². The number of carbonyl (C=O) groups is 2. The number of halogens is 1. The quantitative estimate of drug-likeness (QED) is 0.749. The zero-order chi connectivity index (χ0) is 19.3. The number of nitrogens with one attached hydrogen (secondary N) is 2. The molecule has 138 valence electrons. The third-order valence-corrected chi connectivity index (χ3v) is 3.72. The number of nitrogens with zero attached hydrogens (tertiary/aromatic N) is 2. The number of hydrogen-bond donors (Lipinski definition) is 2. The van der Waals surface area contributed by atoms with Crippen molar-refractivity contribution in [3.05, 3.63) is 46.2 Å². The minimum Gasteiger partial charge on any atom is -0.465 e. The number of esters is 1. The van der Waals surface area contributed by atoms with Crippen LogP contribution in [0.1, 0.15) is 40.4 Å². The van der Waals surface area contributed by atoms with E-state index in [4.69, 9.17) is 11.6 Å². The predicted molar refractivity (Wildman–Crippen MR) is 101 cm³/mol. The molecule has 2 N–H and O–H groups in total. The zero-order valence-electron chi connectivity index (χ0n) is 15.1. The Morgan fingerprint density at radius 2 is 1.96 bits per heavy atom. The van der Waals surface area contributed by atoms with Gasteiger partial charge in [0.25, 0.3) is 5.91 Å². The van der Waals surface area contributed by atoms with Gasteiger partial charge in [0, 0.05) is 12.2 Å². The molecule has 0 spiro atoms. The van der Waals surface area contributed by atoms with E-state index in [1.165, 1.54) is 25.3 Å². The largest absolute Gasteiger partial charge is 0.465 e. The van der Waals surface area contributed by atoms with Gasteiger partial charge in [-0.05, 0) is 37.1 Å². The molecule has 1 aromatic heterocycles. The molecule has 0 aliphatic carbocycles. The van der Waals surface area contributed by atoms with Crippen molar-refractivity contribution in [1.29, 1.82) is 0 Å². The second kappa shape index (κ2) is 8.62.